The summed E-state index contributed by atoms with van der Waals surface area (Å²) in [5.74, 6) is -1.46. The SMILES string of the molecule is Cc1ccc(C)c(Oc2cc(NC(=O)c3nn(C)cc3C(=O)O)cc([N+](=O)[O-])c2)c1. The van der Waals surface area contributed by atoms with Crippen molar-refractivity contribution >= 4 is 23.3 Å². The van der Waals surface area contributed by atoms with Crippen LogP contribution in [0.4, 0.5) is 11.4 Å². The Hall–Kier alpha value is -4.21. The maximum Gasteiger partial charge on any atom is 0.339 e. The van der Waals surface area contributed by atoms with Crippen molar-refractivity contribution in [3.8, 4) is 11.5 Å². The molecule has 10 heteroatoms. The molecule has 0 spiro atoms. The summed E-state index contributed by atoms with van der Waals surface area (Å²) >= 11 is 0. The third kappa shape index (κ3) is 4.43. The Morgan fingerprint density at radius 3 is 2.60 bits per heavy atom. The van der Waals surface area contributed by atoms with Gasteiger partial charge in [0.15, 0.2) is 5.69 Å². The number of carboxylic acid groups (broad SMARTS) is 1. The number of carbonyl (C=O) groups excluding carboxylic acids is 1. The van der Waals surface area contributed by atoms with E-state index in [0.717, 1.165) is 17.2 Å². The van der Waals surface area contributed by atoms with Gasteiger partial charge in [-0.2, -0.15) is 5.10 Å². The first-order valence-corrected chi connectivity index (χ1v) is 8.77. The topological polar surface area (TPSA) is 137 Å². The Morgan fingerprint density at radius 2 is 1.93 bits per heavy atom. The lowest BCUT2D eigenvalue weighted by atomic mass is 10.1. The number of nitro benzene ring substituents is 1. The number of carbonyl (C=O) groups is 2. The van der Waals surface area contributed by atoms with E-state index in [1.807, 2.05) is 26.0 Å². The highest BCUT2D eigenvalue weighted by Crippen LogP contribution is 2.32. The van der Waals surface area contributed by atoms with Crippen LogP contribution >= 0.6 is 0 Å². The molecule has 0 saturated heterocycles. The molecule has 0 saturated carbocycles. The summed E-state index contributed by atoms with van der Waals surface area (Å²) in [4.78, 5) is 34.6. The van der Waals surface area contributed by atoms with Crippen LogP contribution in [0.15, 0.2) is 42.6 Å². The number of hydrogen-bond donors (Lipinski definition) is 2. The van der Waals surface area contributed by atoms with Gasteiger partial charge in [-0.05, 0) is 31.0 Å². The molecule has 0 aliphatic heterocycles. The van der Waals surface area contributed by atoms with E-state index in [1.165, 1.54) is 30.1 Å². The van der Waals surface area contributed by atoms with Gasteiger partial charge in [-0.3, -0.25) is 19.6 Å². The molecule has 0 unspecified atom stereocenters. The van der Waals surface area contributed by atoms with Crippen molar-refractivity contribution in [1.82, 2.24) is 9.78 Å². The fourth-order valence-electron chi connectivity index (χ4n) is 2.77. The van der Waals surface area contributed by atoms with Gasteiger partial charge in [0.25, 0.3) is 11.6 Å². The zero-order chi connectivity index (χ0) is 22.0. The third-order valence-corrected chi connectivity index (χ3v) is 4.21. The van der Waals surface area contributed by atoms with Crippen LogP contribution in [0.1, 0.15) is 32.0 Å². The highest BCUT2D eigenvalue weighted by molar-refractivity contribution is 6.09. The number of carboxylic acids is 1. The zero-order valence-corrected chi connectivity index (χ0v) is 16.4. The maximum atomic E-state index is 12.5. The van der Waals surface area contributed by atoms with E-state index < -0.39 is 16.8 Å². The van der Waals surface area contributed by atoms with E-state index in [0.29, 0.717) is 5.75 Å². The first-order valence-electron chi connectivity index (χ1n) is 8.77. The molecule has 0 aliphatic rings. The van der Waals surface area contributed by atoms with E-state index >= 15 is 0 Å². The second-order valence-electron chi connectivity index (χ2n) is 6.67. The van der Waals surface area contributed by atoms with Gasteiger partial charge >= 0.3 is 5.97 Å². The van der Waals surface area contributed by atoms with Crippen molar-refractivity contribution in [3.05, 3.63) is 75.1 Å². The van der Waals surface area contributed by atoms with Crippen LogP contribution in [0, 0.1) is 24.0 Å². The molecule has 3 aromatic rings. The molecule has 1 heterocycles. The molecule has 0 bridgehead atoms. The Labute approximate surface area is 170 Å². The Morgan fingerprint density at radius 1 is 1.20 bits per heavy atom. The summed E-state index contributed by atoms with van der Waals surface area (Å²) in [5, 5.41) is 26.9. The number of hydrogen-bond acceptors (Lipinski definition) is 6. The van der Waals surface area contributed by atoms with Crippen molar-refractivity contribution in [2.75, 3.05) is 5.32 Å². The fourth-order valence-corrected chi connectivity index (χ4v) is 2.77. The number of nitrogens with zero attached hydrogens (tertiary/aromatic N) is 3. The van der Waals surface area contributed by atoms with Gasteiger partial charge in [-0.25, -0.2) is 4.79 Å². The first kappa shape index (κ1) is 20.5. The summed E-state index contributed by atoms with van der Waals surface area (Å²) < 4.78 is 7.00. The monoisotopic (exact) mass is 410 g/mol. The first-order chi connectivity index (χ1) is 14.1. The van der Waals surface area contributed by atoms with E-state index in [2.05, 4.69) is 10.4 Å². The number of ether oxygens (including phenoxy) is 1. The van der Waals surface area contributed by atoms with Crippen LogP contribution in [-0.4, -0.2) is 31.7 Å². The molecule has 30 heavy (non-hydrogen) atoms. The lowest BCUT2D eigenvalue weighted by Crippen LogP contribution is -2.16. The molecule has 1 aromatic heterocycles. The molecular formula is C20H18N4O6. The van der Waals surface area contributed by atoms with Crippen LogP contribution in [0.3, 0.4) is 0 Å². The van der Waals surface area contributed by atoms with Gasteiger partial charge in [0.05, 0.1) is 16.7 Å². The minimum Gasteiger partial charge on any atom is -0.478 e. The second kappa shape index (κ2) is 8.03. The summed E-state index contributed by atoms with van der Waals surface area (Å²) in [6.07, 6.45) is 1.19. The number of aryl methyl sites for hydroxylation is 3. The van der Waals surface area contributed by atoms with Gasteiger partial charge in [0.2, 0.25) is 0 Å². The Balaban J connectivity index is 1.95. The quantitative estimate of drug-likeness (QED) is 0.467. The van der Waals surface area contributed by atoms with Crippen LogP contribution < -0.4 is 10.1 Å². The highest BCUT2D eigenvalue weighted by Gasteiger charge is 2.22. The van der Waals surface area contributed by atoms with Crippen LogP contribution in [0.2, 0.25) is 0 Å². The molecule has 154 valence electrons. The summed E-state index contributed by atoms with van der Waals surface area (Å²) in [6, 6.07) is 9.36. The number of anilines is 1. The predicted molar refractivity (Wildman–Crippen MR) is 107 cm³/mol. The van der Waals surface area contributed by atoms with Gasteiger partial charge in [0, 0.05) is 25.4 Å². The predicted octanol–water partition coefficient (Wildman–Crippen LogP) is 3.69. The summed E-state index contributed by atoms with van der Waals surface area (Å²) in [7, 11) is 1.48. The number of aromatic nitrogens is 2. The number of benzene rings is 2. The maximum absolute atomic E-state index is 12.5. The molecule has 2 aromatic carbocycles. The largest absolute Gasteiger partial charge is 0.478 e. The van der Waals surface area contributed by atoms with Gasteiger partial charge < -0.3 is 15.2 Å². The summed E-state index contributed by atoms with van der Waals surface area (Å²) in [5.41, 5.74) is 0.952. The minimum absolute atomic E-state index is 0.0662. The molecule has 0 radical (unpaired) electrons. The van der Waals surface area contributed by atoms with Crippen LogP contribution in [0.5, 0.6) is 11.5 Å². The molecule has 0 fully saturated rings. The van der Waals surface area contributed by atoms with E-state index in [-0.39, 0.29) is 28.4 Å². The molecule has 2 N–H and O–H groups in total. The van der Waals surface area contributed by atoms with Crippen molar-refractivity contribution < 1.29 is 24.4 Å². The Kier molecular flexibility index (Phi) is 5.50. The molecule has 10 nitrogen and oxygen atoms in total. The lowest BCUT2D eigenvalue weighted by Gasteiger charge is -2.11. The molecule has 1 amide bonds. The van der Waals surface area contributed by atoms with Gasteiger partial charge in [-0.15, -0.1) is 0 Å². The summed E-state index contributed by atoms with van der Waals surface area (Å²) in [6.45, 7) is 3.72. The van der Waals surface area contributed by atoms with Crippen LogP contribution in [0.25, 0.3) is 0 Å². The van der Waals surface area contributed by atoms with Crippen molar-refractivity contribution in [2.24, 2.45) is 7.05 Å². The number of amides is 1. The standard InChI is InChI=1S/C20H18N4O6/c1-11-4-5-12(2)17(6-11)30-15-8-13(7-14(9-15)24(28)29)21-19(25)18-16(20(26)27)10-23(3)22-18/h4-10H,1-3H3,(H,21,25)(H,26,27). The molecule has 0 aliphatic carbocycles. The van der Waals surface area contributed by atoms with Crippen molar-refractivity contribution in [1.29, 1.82) is 0 Å². The average molecular weight is 410 g/mol. The van der Waals surface area contributed by atoms with E-state index in [4.69, 9.17) is 4.74 Å². The highest BCUT2D eigenvalue weighted by atomic mass is 16.6. The number of rotatable bonds is 6. The number of aromatic carboxylic acids is 1. The number of non-ortho nitro benzene ring substituents is 1. The molecule has 0 atom stereocenters. The fraction of sp³-hybridized carbons (Fsp3) is 0.150. The normalized spacial score (nSPS) is 10.5. The zero-order valence-electron chi connectivity index (χ0n) is 16.4. The Bertz CT molecular complexity index is 1170. The number of nitro groups is 1. The third-order valence-electron chi connectivity index (χ3n) is 4.21. The second-order valence-corrected chi connectivity index (χ2v) is 6.67. The van der Waals surface area contributed by atoms with Crippen LogP contribution in [-0.2, 0) is 7.05 Å². The number of nitrogens with one attached hydrogen (secondary N) is 1. The van der Waals surface area contributed by atoms with Crippen molar-refractivity contribution in [3.63, 3.8) is 0 Å². The van der Waals surface area contributed by atoms with E-state index in [9.17, 15) is 24.8 Å². The molecular weight excluding hydrogens is 392 g/mol. The van der Waals surface area contributed by atoms with Gasteiger partial charge in [-0.1, -0.05) is 12.1 Å². The average Bonchev–Trinajstić information content (AvgIpc) is 3.07. The minimum atomic E-state index is -1.31. The lowest BCUT2D eigenvalue weighted by molar-refractivity contribution is -0.384. The van der Waals surface area contributed by atoms with Crippen molar-refractivity contribution in [2.45, 2.75) is 13.8 Å². The van der Waals surface area contributed by atoms with Gasteiger partial charge in [0.1, 0.15) is 17.1 Å². The smallest absolute Gasteiger partial charge is 0.339 e. The van der Waals surface area contributed by atoms with E-state index in [1.54, 1.807) is 6.07 Å². The molecule has 3 rings (SSSR count).